The predicted molar refractivity (Wildman–Crippen MR) is 59.3 cm³/mol. The molecule has 0 amide bonds. The Balaban J connectivity index is 2.42. The maximum atomic E-state index is 5.07. The minimum atomic E-state index is 0.581. The molecule has 0 fully saturated rings. The molecule has 0 spiro atoms. The largest absolute Gasteiger partial charge is 0.472 e. The van der Waals surface area contributed by atoms with Crippen LogP contribution in [0.4, 0.5) is 0 Å². The summed E-state index contributed by atoms with van der Waals surface area (Å²) in [5, 5.41) is 3.51. The van der Waals surface area contributed by atoms with Gasteiger partial charge in [-0.25, -0.2) is 0 Å². The Hall–Kier alpha value is -0.760. The molecule has 0 aliphatic heterocycles. The van der Waals surface area contributed by atoms with Gasteiger partial charge in [-0.05, 0) is 36.9 Å². The highest BCUT2D eigenvalue weighted by molar-refractivity contribution is 5.07. The second kappa shape index (κ2) is 5.86. The molecule has 2 heteroatoms. The van der Waals surface area contributed by atoms with Crippen molar-refractivity contribution in [3.05, 3.63) is 24.2 Å². The lowest BCUT2D eigenvalue weighted by molar-refractivity contribution is 0.422. The maximum Gasteiger partial charge on any atom is 0.0935 e. The first-order valence-electron chi connectivity index (χ1n) is 5.46. The molecule has 1 aromatic heterocycles. The molecule has 2 nitrogen and oxygen atoms in total. The maximum absolute atomic E-state index is 5.07. The van der Waals surface area contributed by atoms with Gasteiger partial charge in [-0.3, -0.25) is 0 Å². The molecule has 1 rings (SSSR count). The third-order valence-electron chi connectivity index (χ3n) is 2.31. The van der Waals surface area contributed by atoms with E-state index in [0.29, 0.717) is 6.04 Å². The predicted octanol–water partition coefficient (Wildman–Crippen LogP) is 2.85. The summed E-state index contributed by atoms with van der Waals surface area (Å²) >= 11 is 0. The third kappa shape index (κ3) is 3.97. The molecular formula is C12H21NO. The molecule has 0 bridgehead atoms. The van der Waals surface area contributed by atoms with Gasteiger partial charge in [0.05, 0.1) is 12.5 Å². The third-order valence-corrected chi connectivity index (χ3v) is 2.31. The van der Waals surface area contributed by atoms with Crippen molar-refractivity contribution in [2.45, 2.75) is 39.7 Å². The van der Waals surface area contributed by atoms with Crippen molar-refractivity contribution in [1.29, 1.82) is 0 Å². The lowest BCUT2D eigenvalue weighted by Crippen LogP contribution is -2.32. The highest BCUT2D eigenvalue weighted by Gasteiger charge is 2.10. The second-order valence-electron chi connectivity index (χ2n) is 4.22. The van der Waals surface area contributed by atoms with Gasteiger partial charge in [-0.15, -0.1) is 0 Å². The number of hydrogen-bond acceptors (Lipinski definition) is 2. The fourth-order valence-corrected chi connectivity index (χ4v) is 1.79. The summed E-state index contributed by atoms with van der Waals surface area (Å²) in [6, 6.07) is 2.63. The first kappa shape index (κ1) is 11.3. The molecule has 0 saturated carbocycles. The van der Waals surface area contributed by atoms with E-state index in [2.05, 4.69) is 26.1 Å². The van der Waals surface area contributed by atoms with E-state index in [9.17, 15) is 0 Å². The van der Waals surface area contributed by atoms with Crippen molar-refractivity contribution in [2.75, 3.05) is 6.54 Å². The van der Waals surface area contributed by atoms with E-state index in [1.54, 1.807) is 6.26 Å². The first-order chi connectivity index (χ1) is 6.72. The fourth-order valence-electron chi connectivity index (χ4n) is 1.79. The molecule has 0 aromatic carbocycles. The van der Waals surface area contributed by atoms with E-state index in [4.69, 9.17) is 4.42 Å². The van der Waals surface area contributed by atoms with Crippen LogP contribution in [0.2, 0.25) is 0 Å². The van der Waals surface area contributed by atoms with Crippen LogP contribution >= 0.6 is 0 Å². The Morgan fingerprint density at radius 3 is 2.71 bits per heavy atom. The molecule has 0 aliphatic carbocycles. The zero-order valence-electron chi connectivity index (χ0n) is 9.42. The van der Waals surface area contributed by atoms with Gasteiger partial charge in [0, 0.05) is 6.04 Å². The number of likely N-dealkylation sites (N-methyl/N-ethyl adjacent to an activating group) is 1. The Morgan fingerprint density at radius 1 is 1.43 bits per heavy atom. The van der Waals surface area contributed by atoms with Crippen molar-refractivity contribution < 1.29 is 4.42 Å². The van der Waals surface area contributed by atoms with Gasteiger partial charge in [0.15, 0.2) is 0 Å². The number of hydrogen-bond donors (Lipinski definition) is 1. The zero-order chi connectivity index (χ0) is 10.4. The van der Waals surface area contributed by atoms with Gasteiger partial charge in [0.1, 0.15) is 0 Å². The van der Waals surface area contributed by atoms with Crippen LogP contribution in [0.25, 0.3) is 0 Å². The van der Waals surface area contributed by atoms with Gasteiger partial charge >= 0.3 is 0 Å². The van der Waals surface area contributed by atoms with E-state index in [-0.39, 0.29) is 0 Å². The van der Waals surface area contributed by atoms with E-state index >= 15 is 0 Å². The number of furan rings is 1. The van der Waals surface area contributed by atoms with Gasteiger partial charge in [-0.1, -0.05) is 20.8 Å². The lowest BCUT2D eigenvalue weighted by atomic mass is 9.98. The Kier molecular flexibility index (Phi) is 4.74. The van der Waals surface area contributed by atoms with Crippen LogP contribution in [-0.2, 0) is 6.42 Å². The summed E-state index contributed by atoms with van der Waals surface area (Å²) in [6.07, 6.45) is 5.87. The van der Waals surface area contributed by atoms with E-state index < -0.39 is 0 Å². The molecule has 0 saturated heterocycles. The van der Waals surface area contributed by atoms with Crippen molar-refractivity contribution in [3.63, 3.8) is 0 Å². The molecule has 1 heterocycles. The van der Waals surface area contributed by atoms with Crippen molar-refractivity contribution in [1.82, 2.24) is 5.32 Å². The smallest absolute Gasteiger partial charge is 0.0935 e. The quantitative estimate of drug-likeness (QED) is 0.755. The second-order valence-corrected chi connectivity index (χ2v) is 4.22. The fraction of sp³-hybridized carbons (Fsp3) is 0.667. The Bertz CT molecular complexity index is 228. The molecule has 0 aliphatic rings. The average molecular weight is 195 g/mol. The van der Waals surface area contributed by atoms with Gasteiger partial charge in [0.2, 0.25) is 0 Å². The normalized spacial score (nSPS) is 13.4. The van der Waals surface area contributed by atoms with Crippen LogP contribution < -0.4 is 5.32 Å². The molecule has 0 radical (unpaired) electrons. The molecular weight excluding hydrogens is 174 g/mol. The van der Waals surface area contributed by atoms with Crippen molar-refractivity contribution in [3.8, 4) is 0 Å². The monoisotopic (exact) mass is 195 g/mol. The van der Waals surface area contributed by atoms with Crippen LogP contribution in [0.15, 0.2) is 23.0 Å². The van der Waals surface area contributed by atoms with Crippen LogP contribution in [0.3, 0.4) is 0 Å². The minimum absolute atomic E-state index is 0.581. The van der Waals surface area contributed by atoms with Crippen molar-refractivity contribution >= 4 is 0 Å². The summed E-state index contributed by atoms with van der Waals surface area (Å²) in [6.45, 7) is 7.72. The molecule has 1 atom stereocenters. The van der Waals surface area contributed by atoms with Crippen LogP contribution in [0, 0.1) is 5.92 Å². The van der Waals surface area contributed by atoms with Gasteiger partial charge in [0.25, 0.3) is 0 Å². The number of rotatable bonds is 6. The van der Waals surface area contributed by atoms with Crippen LogP contribution in [0.1, 0.15) is 32.8 Å². The molecule has 80 valence electrons. The number of nitrogens with one attached hydrogen (secondary N) is 1. The highest BCUT2D eigenvalue weighted by atomic mass is 16.3. The Morgan fingerprint density at radius 2 is 2.21 bits per heavy atom. The topological polar surface area (TPSA) is 25.2 Å². The van der Waals surface area contributed by atoms with E-state index in [0.717, 1.165) is 18.9 Å². The minimum Gasteiger partial charge on any atom is -0.472 e. The SMILES string of the molecule is CCNC(Cc1ccoc1)CC(C)C. The van der Waals surface area contributed by atoms with E-state index in [1.165, 1.54) is 12.0 Å². The Labute approximate surface area is 86.7 Å². The summed E-state index contributed by atoms with van der Waals surface area (Å²) in [4.78, 5) is 0. The summed E-state index contributed by atoms with van der Waals surface area (Å²) in [5.41, 5.74) is 1.29. The molecule has 14 heavy (non-hydrogen) atoms. The van der Waals surface area contributed by atoms with Gasteiger partial charge < -0.3 is 9.73 Å². The molecule has 1 N–H and O–H groups in total. The first-order valence-corrected chi connectivity index (χ1v) is 5.46. The van der Waals surface area contributed by atoms with Crippen LogP contribution in [0.5, 0.6) is 0 Å². The summed E-state index contributed by atoms with van der Waals surface area (Å²) in [7, 11) is 0. The molecule has 1 unspecified atom stereocenters. The lowest BCUT2D eigenvalue weighted by Gasteiger charge is -2.18. The van der Waals surface area contributed by atoms with Gasteiger partial charge in [-0.2, -0.15) is 0 Å². The molecule has 1 aromatic rings. The highest BCUT2D eigenvalue weighted by Crippen LogP contribution is 2.11. The van der Waals surface area contributed by atoms with E-state index in [1.807, 2.05) is 12.3 Å². The standard InChI is InChI=1S/C12H21NO/c1-4-13-12(7-10(2)3)8-11-5-6-14-9-11/h5-6,9-10,12-13H,4,7-8H2,1-3H3. The zero-order valence-corrected chi connectivity index (χ0v) is 9.42. The van der Waals surface area contributed by atoms with Crippen molar-refractivity contribution in [2.24, 2.45) is 5.92 Å². The summed E-state index contributed by atoms with van der Waals surface area (Å²) < 4.78 is 5.07. The average Bonchev–Trinajstić information content (AvgIpc) is 2.56. The summed E-state index contributed by atoms with van der Waals surface area (Å²) in [5.74, 6) is 0.742. The van der Waals surface area contributed by atoms with Crippen LogP contribution in [-0.4, -0.2) is 12.6 Å².